The van der Waals surface area contributed by atoms with Crippen LogP contribution in [-0.4, -0.2) is 49.6 Å². The average molecular weight is 559 g/mol. The number of Topliss-reactive ketones (excluding diaryl/α,β-unsaturated/α-hetero) is 1. The monoisotopic (exact) mass is 558 g/mol. The predicted octanol–water partition coefficient (Wildman–Crippen LogP) is 4.36. The zero-order chi connectivity index (χ0) is 29.0. The third kappa shape index (κ3) is 4.38. The first-order valence-electron chi connectivity index (χ1n) is 12.8. The number of fused-ring (bicyclic) bond motifs is 2. The van der Waals surface area contributed by atoms with Crippen molar-refractivity contribution in [3.63, 3.8) is 0 Å². The molecule has 0 bridgehead atoms. The maximum atomic E-state index is 14.0. The van der Waals surface area contributed by atoms with Gasteiger partial charge >= 0.3 is 0 Å². The van der Waals surface area contributed by atoms with Crippen LogP contribution in [0, 0.1) is 0 Å². The molecular weight excluding hydrogens is 532 g/mol. The molecule has 0 saturated carbocycles. The van der Waals surface area contributed by atoms with Crippen molar-refractivity contribution in [2.24, 2.45) is 0 Å². The highest BCUT2D eigenvalue weighted by atomic mass is 16.5. The summed E-state index contributed by atoms with van der Waals surface area (Å²) in [7, 11) is 1.51. The minimum absolute atomic E-state index is 0.0491. The van der Waals surface area contributed by atoms with Gasteiger partial charge in [0.05, 0.1) is 24.7 Å². The highest BCUT2D eigenvalue weighted by Gasteiger charge is 2.45. The number of aliphatic hydroxyl groups is 1. The number of hydrogen-bond acceptors (Lipinski definition) is 10. The molecular formula is C31H26O10. The van der Waals surface area contributed by atoms with E-state index in [0.29, 0.717) is 16.9 Å². The van der Waals surface area contributed by atoms with Gasteiger partial charge in [0.15, 0.2) is 5.78 Å². The van der Waals surface area contributed by atoms with E-state index in [1.54, 1.807) is 36.4 Å². The van der Waals surface area contributed by atoms with Crippen molar-refractivity contribution in [1.82, 2.24) is 0 Å². The van der Waals surface area contributed by atoms with E-state index in [2.05, 4.69) is 0 Å². The first-order chi connectivity index (χ1) is 19.7. The number of phenolic OH excluding ortho intramolecular Hbond substituents is 5. The van der Waals surface area contributed by atoms with E-state index in [1.807, 2.05) is 0 Å². The van der Waals surface area contributed by atoms with Gasteiger partial charge in [-0.1, -0.05) is 24.3 Å². The van der Waals surface area contributed by atoms with Gasteiger partial charge in [-0.3, -0.25) is 4.79 Å². The molecule has 4 atom stereocenters. The highest BCUT2D eigenvalue weighted by molar-refractivity contribution is 6.07. The predicted molar refractivity (Wildman–Crippen MR) is 144 cm³/mol. The summed E-state index contributed by atoms with van der Waals surface area (Å²) in [5, 5.41) is 63.8. The van der Waals surface area contributed by atoms with Gasteiger partial charge < -0.3 is 44.8 Å². The van der Waals surface area contributed by atoms with E-state index in [1.165, 1.54) is 31.4 Å². The molecule has 2 aliphatic heterocycles. The first kappa shape index (κ1) is 26.1. The van der Waals surface area contributed by atoms with Crippen molar-refractivity contribution in [2.75, 3.05) is 7.11 Å². The van der Waals surface area contributed by atoms with Crippen molar-refractivity contribution in [3.05, 3.63) is 94.5 Å². The largest absolute Gasteiger partial charge is 0.508 e. The van der Waals surface area contributed by atoms with E-state index in [9.17, 15) is 35.4 Å². The quantitative estimate of drug-likeness (QED) is 0.212. The van der Waals surface area contributed by atoms with E-state index in [0.717, 1.165) is 6.07 Å². The summed E-state index contributed by atoms with van der Waals surface area (Å²) in [5.74, 6) is -3.06. The normalized spacial score (nSPS) is 21.3. The van der Waals surface area contributed by atoms with Crippen molar-refractivity contribution in [2.45, 2.75) is 30.7 Å². The standard InChI is InChI=1S/C31H26O10/c1-39-18-8-4-15(5-9-18)31-27(29(38)25-20(34)10-17(33)11-24(25)41-31)26-21(35)13-23-19(28(26)37)12-22(36)30(40-23)14-2-6-16(32)7-3-14/h2-11,13,22,27,30-37H,12H2,1H3/t22-,27-,30+,31-/m0/s1. The van der Waals surface area contributed by atoms with Crippen molar-refractivity contribution in [1.29, 1.82) is 0 Å². The lowest BCUT2D eigenvalue weighted by molar-refractivity contribution is 0.0196. The Balaban J connectivity index is 1.47. The van der Waals surface area contributed by atoms with E-state index >= 15 is 0 Å². The number of carbonyl (C=O) groups excluding carboxylic acids is 1. The number of aliphatic hydroxyl groups excluding tert-OH is 1. The minimum atomic E-state index is -1.33. The van der Waals surface area contributed by atoms with E-state index < -0.39 is 47.3 Å². The molecule has 2 aliphatic rings. The summed E-state index contributed by atoms with van der Waals surface area (Å²) in [4.78, 5) is 14.0. The Labute approximate surface area is 233 Å². The fraction of sp³-hybridized carbons (Fsp3) is 0.194. The Morgan fingerprint density at radius 1 is 0.756 bits per heavy atom. The van der Waals surface area contributed by atoms with Crippen LogP contribution in [0.3, 0.4) is 0 Å². The molecule has 0 saturated heterocycles. The fourth-order valence-electron chi connectivity index (χ4n) is 5.55. The summed E-state index contributed by atoms with van der Waals surface area (Å²) in [6.45, 7) is 0. The maximum absolute atomic E-state index is 14.0. The molecule has 0 radical (unpaired) electrons. The second-order valence-electron chi connectivity index (χ2n) is 10.0. The Kier molecular flexibility index (Phi) is 6.27. The number of phenols is 5. The van der Waals surface area contributed by atoms with Crippen LogP contribution >= 0.6 is 0 Å². The average Bonchev–Trinajstić information content (AvgIpc) is 2.94. The molecule has 210 valence electrons. The first-order valence-corrected chi connectivity index (χ1v) is 12.8. The molecule has 0 aromatic heterocycles. The smallest absolute Gasteiger partial charge is 0.182 e. The summed E-state index contributed by atoms with van der Waals surface area (Å²) < 4.78 is 17.4. The summed E-state index contributed by atoms with van der Waals surface area (Å²) in [6.07, 6.45) is -3.09. The van der Waals surface area contributed by atoms with Crippen LogP contribution < -0.4 is 14.2 Å². The second-order valence-corrected chi connectivity index (χ2v) is 10.0. The SMILES string of the molecule is COc1ccc([C@@H]2Oc3cc(O)cc(O)c3C(=O)[C@@H]2c2c(O)cc3c(c2O)C[C@H](O)[C@@H](c2ccc(O)cc2)O3)cc1. The molecule has 6 N–H and O–H groups in total. The number of benzene rings is 4. The number of carbonyl (C=O) groups is 1. The summed E-state index contributed by atoms with van der Waals surface area (Å²) >= 11 is 0. The van der Waals surface area contributed by atoms with Gasteiger partial charge in [-0.2, -0.15) is 0 Å². The minimum Gasteiger partial charge on any atom is -0.508 e. The zero-order valence-corrected chi connectivity index (χ0v) is 21.7. The van der Waals surface area contributed by atoms with Crippen LogP contribution in [0.25, 0.3) is 0 Å². The molecule has 2 heterocycles. The molecule has 4 aromatic carbocycles. The number of aromatic hydroxyl groups is 5. The zero-order valence-electron chi connectivity index (χ0n) is 21.7. The Morgan fingerprint density at radius 2 is 1.39 bits per heavy atom. The molecule has 41 heavy (non-hydrogen) atoms. The third-order valence-electron chi connectivity index (χ3n) is 7.53. The number of methoxy groups -OCH3 is 1. The van der Waals surface area contributed by atoms with Gasteiger partial charge in [-0.25, -0.2) is 0 Å². The van der Waals surface area contributed by atoms with Gasteiger partial charge in [-0.15, -0.1) is 0 Å². The van der Waals surface area contributed by atoms with Crippen molar-refractivity contribution in [3.8, 4) is 46.0 Å². The topological polar surface area (TPSA) is 166 Å². The molecule has 0 amide bonds. The molecule has 6 rings (SSSR count). The van der Waals surface area contributed by atoms with Crippen LogP contribution in [0.5, 0.6) is 46.0 Å². The molecule has 0 fully saturated rings. The van der Waals surface area contributed by atoms with E-state index in [4.69, 9.17) is 14.2 Å². The van der Waals surface area contributed by atoms with Crippen molar-refractivity contribution >= 4 is 5.78 Å². The van der Waals surface area contributed by atoms with Crippen molar-refractivity contribution < 1.29 is 49.6 Å². The number of hydrogen-bond donors (Lipinski definition) is 6. The van der Waals surface area contributed by atoms with Crippen LogP contribution in [0.4, 0.5) is 0 Å². The van der Waals surface area contributed by atoms with Gasteiger partial charge in [0.2, 0.25) is 0 Å². The third-order valence-corrected chi connectivity index (χ3v) is 7.53. The molecule has 4 aromatic rings. The lowest BCUT2D eigenvalue weighted by atomic mass is 9.78. The summed E-state index contributed by atoms with van der Waals surface area (Å²) in [6, 6.07) is 16.3. The number of rotatable bonds is 4. The molecule has 10 heteroatoms. The number of ketones is 1. The molecule has 0 spiro atoms. The lowest BCUT2D eigenvalue weighted by Gasteiger charge is -2.36. The Morgan fingerprint density at radius 3 is 2.07 bits per heavy atom. The fourth-order valence-corrected chi connectivity index (χ4v) is 5.55. The van der Waals surface area contributed by atoms with Crippen LogP contribution in [0.2, 0.25) is 0 Å². The van der Waals surface area contributed by atoms with Gasteiger partial charge in [-0.05, 0) is 35.4 Å². The van der Waals surface area contributed by atoms with Gasteiger partial charge in [0.1, 0.15) is 63.8 Å². The highest BCUT2D eigenvalue weighted by Crippen LogP contribution is 2.54. The van der Waals surface area contributed by atoms with Crippen LogP contribution in [0.15, 0.2) is 66.7 Å². The second kappa shape index (κ2) is 9.83. The maximum Gasteiger partial charge on any atom is 0.182 e. The number of ether oxygens (including phenoxy) is 3. The Hall–Kier alpha value is -5.09. The van der Waals surface area contributed by atoms with Crippen LogP contribution in [-0.2, 0) is 6.42 Å². The Bertz CT molecular complexity index is 1650. The van der Waals surface area contributed by atoms with Gasteiger partial charge in [0, 0.05) is 30.2 Å². The lowest BCUT2D eigenvalue weighted by Crippen LogP contribution is -2.32. The van der Waals surface area contributed by atoms with E-state index in [-0.39, 0.29) is 46.1 Å². The molecule has 0 unspecified atom stereocenters. The van der Waals surface area contributed by atoms with Gasteiger partial charge in [0.25, 0.3) is 0 Å². The molecule has 10 nitrogen and oxygen atoms in total. The van der Waals surface area contributed by atoms with Crippen LogP contribution in [0.1, 0.15) is 50.7 Å². The molecule has 0 aliphatic carbocycles. The summed E-state index contributed by atoms with van der Waals surface area (Å²) in [5.41, 5.74) is 0.888.